The molecule has 84 heavy (non-hydrogen) atoms. The van der Waals surface area contributed by atoms with E-state index in [0.717, 1.165) is 15.7 Å². The van der Waals surface area contributed by atoms with Gasteiger partial charge in [-0.3, -0.25) is 42.8 Å². The number of nitrogens with zero attached hydrogens (tertiary/aromatic N) is 17. The Balaban J connectivity index is 0.000000192. The number of carboxylic acid groups (broad SMARTS) is 2. The van der Waals surface area contributed by atoms with Crippen LogP contribution >= 0.6 is 22.7 Å². The fourth-order valence-corrected chi connectivity index (χ4v) is 9.04. The number of aliphatic hydroxyl groups is 3. The summed E-state index contributed by atoms with van der Waals surface area (Å²) >= 11 is 2.73. The third-order valence-corrected chi connectivity index (χ3v) is 13.2. The number of aryl methyl sites for hydroxylation is 8. The maximum Gasteiger partial charge on any atom is 1.00 e. The summed E-state index contributed by atoms with van der Waals surface area (Å²) < 4.78 is 16.9. The molecule has 0 spiro atoms. The summed E-state index contributed by atoms with van der Waals surface area (Å²) in [6.45, 7) is 3.91. The van der Waals surface area contributed by atoms with Crippen molar-refractivity contribution in [2.45, 2.75) is 20.8 Å². The molecule has 0 saturated carbocycles. The number of methoxy groups -OCH3 is 2. The van der Waals surface area contributed by atoms with E-state index in [1.165, 1.54) is 79.7 Å². The molecule has 0 saturated heterocycles. The van der Waals surface area contributed by atoms with Gasteiger partial charge in [0.15, 0.2) is 15.7 Å². The van der Waals surface area contributed by atoms with Gasteiger partial charge in [0.05, 0.1) is 85.1 Å². The van der Waals surface area contributed by atoms with Crippen molar-refractivity contribution in [1.82, 2.24) is 84.2 Å². The Labute approximate surface area is 508 Å². The second-order valence-electron chi connectivity index (χ2n) is 17.0. The van der Waals surface area contributed by atoms with E-state index in [4.69, 9.17) is 29.9 Å². The number of carbonyl (C=O) groups excluding carboxylic acids is 4. The summed E-state index contributed by atoms with van der Waals surface area (Å²) in [6, 6.07) is 15.9. The number of hydrogen-bond donors (Lipinski definition) is 4. The van der Waals surface area contributed by atoms with Gasteiger partial charge in [-0.25, -0.2) is 14.8 Å². The number of ether oxygens (including phenoxy) is 2. The van der Waals surface area contributed by atoms with Gasteiger partial charge in [-0.05, 0) is 45.0 Å². The minimum atomic E-state index is -1.29. The zero-order chi connectivity index (χ0) is 60.7. The van der Waals surface area contributed by atoms with Crippen LogP contribution in [0.5, 0.6) is 11.8 Å². The van der Waals surface area contributed by atoms with Crippen molar-refractivity contribution in [2.24, 2.45) is 35.2 Å². The fraction of sp³-hybridized carbons (Fsp3) is 0.250. The average Bonchev–Trinajstić information content (AvgIpc) is 3.91. The average molecular weight is 1200 g/mol. The van der Waals surface area contributed by atoms with Crippen molar-refractivity contribution in [3.63, 3.8) is 0 Å². The van der Waals surface area contributed by atoms with Crippen LogP contribution in [0, 0.1) is 20.8 Å². The summed E-state index contributed by atoms with van der Waals surface area (Å²) in [5.41, 5.74) is 6.58. The van der Waals surface area contributed by atoms with Crippen molar-refractivity contribution in [3.8, 4) is 66.7 Å². The molecule has 0 fully saturated rings. The number of ketones is 3. The Morgan fingerprint density at radius 2 is 0.798 bits per heavy atom. The summed E-state index contributed by atoms with van der Waals surface area (Å²) in [5.74, 6) is -2.56. The van der Waals surface area contributed by atoms with Crippen LogP contribution < -0.4 is 44.1 Å². The maximum atomic E-state index is 11.7. The molecule has 0 unspecified atom stereocenters. The number of carbonyl (C=O) groups is 5. The minimum absolute atomic E-state index is 0. The van der Waals surface area contributed by atoms with E-state index >= 15 is 0 Å². The molecule has 32 heteroatoms. The van der Waals surface area contributed by atoms with Gasteiger partial charge >= 0.3 is 35.5 Å². The maximum absolute atomic E-state index is 11.7. The largest absolute Gasteiger partial charge is 1.00 e. The molecular weight excluding hydrogens is 1140 g/mol. The molecule has 0 bridgehead atoms. The smallest absolute Gasteiger partial charge is 0.543 e. The number of rotatable bonds is 15. The van der Waals surface area contributed by atoms with Gasteiger partial charge in [0.25, 0.3) is 0 Å². The standard InChI is InChI=1S/C12H13N3O3.C12H13N3O2.C11H11N3O3.C9H10N4O2S.C8H8N4O2S.Na/c1-15-12(10(17)7-16)8(6-13-15)9-4-3-5-11(14-9)18-2;1-8-4-3-5-10(14-8)9-6-13-15(2)12(9)11(17)7-16;1-14-10(11(15)16)7(6-12-14)8-4-3-5-9(13-8)17-2;1-5-11-12-9(16-5)6-3-10-13(2)8(6)7(15)4-14;1-4-10-11-7(15-4)5-3-9-12(2)6(5)8(13)14;/h3-6,16H,7H2,1-2H3;3-6,16H,7H2,1-2H3;3-6H,1-2H3,(H,15,16);3,14H,4H2,1-2H3;3H,1-2H3,(H,13,14);/q;;;;;+1/p-1. The van der Waals surface area contributed by atoms with Crippen LogP contribution in [0.3, 0.4) is 0 Å². The zero-order valence-electron chi connectivity index (χ0n) is 47.2. The summed E-state index contributed by atoms with van der Waals surface area (Å²) in [4.78, 5) is 69.6. The van der Waals surface area contributed by atoms with E-state index in [2.05, 4.69) is 60.8 Å². The van der Waals surface area contributed by atoms with E-state index in [9.17, 15) is 29.1 Å². The van der Waals surface area contributed by atoms with Gasteiger partial charge in [0, 0.05) is 69.8 Å². The quantitative estimate of drug-likeness (QED) is 0.0766. The van der Waals surface area contributed by atoms with Gasteiger partial charge in [0.1, 0.15) is 46.9 Å². The molecule has 0 aliphatic rings. The zero-order valence-corrected chi connectivity index (χ0v) is 50.8. The van der Waals surface area contributed by atoms with Crippen molar-refractivity contribution in [2.75, 3.05) is 34.0 Å². The molecule has 4 N–H and O–H groups in total. The normalized spacial score (nSPS) is 10.3. The summed E-state index contributed by atoms with van der Waals surface area (Å²) in [6.07, 6.45) is 7.62. The van der Waals surface area contributed by atoms with E-state index in [1.807, 2.05) is 39.0 Å². The number of hydrogen-bond acceptors (Lipinski definition) is 25. The van der Waals surface area contributed by atoms with Crippen LogP contribution in [0.25, 0.3) is 54.9 Å². The molecular formula is C52H54N17NaO12S2. The third kappa shape index (κ3) is 16.0. The number of aromatic nitrogens is 17. The first-order chi connectivity index (χ1) is 39.7. The second kappa shape index (κ2) is 30.4. The number of aliphatic hydroxyl groups excluding tert-OH is 3. The molecule has 10 aromatic rings. The topological polar surface area (TPSA) is 387 Å². The van der Waals surface area contributed by atoms with Gasteiger partial charge in [-0.15, -0.1) is 20.4 Å². The van der Waals surface area contributed by atoms with E-state index in [-0.39, 0.29) is 52.5 Å². The molecule has 0 aliphatic heterocycles. The number of carboxylic acids is 2. The first kappa shape index (κ1) is 65.9. The molecule has 29 nitrogen and oxygen atoms in total. The van der Waals surface area contributed by atoms with Gasteiger partial charge in [-0.1, -0.05) is 40.9 Å². The molecule has 0 aliphatic carbocycles. The Bertz CT molecular complexity index is 3920. The van der Waals surface area contributed by atoms with Crippen LogP contribution in [0.15, 0.2) is 85.6 Å². The first-order valence-corrected chi connectivity index (χ1v) is 25.8. The third-order valence-electron chi connectivity index (χ3n) is 11.4. The van der Waals surface area contributed by atoms with Gasteiger partial charge in [0.2, 0.25) is 29.1 Å². The van der Waals surface area contributed by atoms with Crippen LogP contribution in [0.2, 0.25) is 0 Å². The first-order valence-electron chi connectivity index (χ1n) is 24.2. The molecule has 432 valence electrons. The number of Topliss-reactive ketones (excluding diaryl/α,β-unsaturated/α-hetero) is 3. The van der Waals surface area contributed by atoms with E-state index < -0.39 is 37.5 Å². The molecule has 10 aromatic heterocycles. The Hall–Kier alpha value is -8.95. The molecule has 10 heterocycles. The van der Waals surface area contributed by atoms with Crippen molar-refractivity contribution >= 4 is 52.0 Å². The summed E-state index contributed by atoms with van der Waals surface area (Å²) in [5, 5.41) is 85.1. The Morgan fingerprint density at radius 1 is 0.476 bits per heavy atom. The van der Waals surface area contributed by atoms with Crippen LogP contribution in [-0.2, 0) is 35.2 Å². The van der Waals surface area contributed by atoms with Crippen LogP contribution in [-0.4, -0.2) is 168 Å². The molecule has 0 atom stereocenters. The van der Waals surface area contributed by atoms with E-state index in [1.54, 1.807) is 83.2 Å². The minimum Gasteiger partial charge on any atom is -0.543 e. The van der Waals surface area contributed by atoms with Crippen LogP contribution in [0.1, 0.15) is 68.2 Å². The summed E-state index contributed by atoms with van der Waals surface area (Å²) in [7, 11) is 11.1. The number of aromatic carboxylic acids is 2. The predicted molar refractivity (Wildman–Crippen MR) is 296 cm³/mol. The van der Waals surface area contributed by atoms with Crippen molar-refractivity contribution < 1.29 is 88.5 Å². The molecule has 10 rings (SSSR count). The SMILES string of the molecule is COc1cccc(-c2cnn(C)c2C(=O)CO)n1.COc1cccc(-c2cnn(C)c2C(=O)[O-])n1.Cc1cccc(-c2cnn(C)c2C(=O)CO)n1.Cc1nnc(-c2cnn(C)c2C(=O)CO)s1.Cc1nnc(-c2cnn(C)c2C(=O)O)s1.[Na+]. The molecule has 0 aromatic carbocycles. The van der Waals surface area contributed by atoms with Gasteiger partial charge in [-0.2, -0.15) is 25.5 Å². The van der Waals surface area contributed by atoms with E-state index in [0.29, 0.717) is 83.8 Å². The predicted octanol–water partition coefficient (Wildman–Crippen LogP) is -0.143. The number of pyridine rings is 3. The molecule has 0 radical (unpaired) electrons. The Morgan fingerprint density at radius 3 is 1.13 bits per heavy atom. The van der Waals surface area contributed by atoms with Crippen molar-refractivity contribution in [3.05, 3.63) is 130 Å². The monoisotopic (exact) mass is 1200 g/mol. The van der Waals surface area contributed by atoms with Crippen molar-refractivity contribution in [1.29, 1.82) is 0 Å². The van der Waals surface area contributed by atoms with Crippen LogP contribution in [0.4, 0.5) is 0 Å². The fourth-order valence-electron chi connectivity index (χ4n) is 7.64. The second-order valence-corrected chi connectivity index (χ2v) is 19.4. The van der Waals surface area contributed by atoms with Gasteiger partial charge < -0.3 is 39.8 Å². The Kier molecular flexibility index (Phi) is 23.8. The molecule has 0 amide bonds.